The third-order valence-electron chi connectivity index (χ3n) is 2.60. The standard InChI is InChI=1S/C12H21NO4/c1-3-17-12(15)11(13-9(2)14)8-16-7-6-10-4-5-10/h10-11H,3-8H2,1-2H3,(H,13,14)/t11-/m1/s1. The predicted octanol–water partition coefficient (Wildman–Crippen LogP) is 0.871. The molecule has 1 atom stereocenters. The molecular formula is C12H21NO4. The van der Waals surface area contributed by atoms with Gasteiger partial charge in [0, 0.05) is 13.5 Å². The van der Waals surface area contributed by atoms with Crippen LogP contribution in [-0.2, 0) is 19.1 Å². The van der Waals surface area contributed by atoms with Gasteiger partial charge in [-0.05, 0) is 19.3 Å². The molecule has 0 aliphatic heterocycles. The summed E-state index contributed by atoms with van der Waals surface area (Å²) in [6.45, 7) is 4.23. The molecule has 0 aromatic heterocycles. The molecule has 5 heteroatoms. The van der Waals surface area contributed by atoms with E-state index in [1.54, 1.807) is 6.92 Å². The molecule has 0 unspecified atom stereocenters. The van der Waals surface area contributed by atoms with Crippen LogP contribution in [0.5, 0.6) is 0 Å². The topological polar surface area (TPSA) is 64.6 Å². The van der Waals surface area contributed by atoms with Crippen molar-refractivity contribution in [1.82, 2.24) is 5.32 Å². The molecule has 1 saturated carbocycles. The van der Waals surface area contributed by atoms with E-state index < -0.39 is 12.0 Å². The first-order valence-electron chi connectivity index (χ1n) is 6.15. The monoisotopic (exact) mass is 243 g/mol. The second-order valence-electron chi connectivity index (χ2n) is 4.31. The highest BCUT2D eigenvalue weighted by Crippen LogP contribution is 2.32. The Hall–Kier alpha value is -1.10. The summed E-state index contributed by atoms with van der Waals surface area (Å²) in [4.78, 5) is 22.4. The largest absolute Gasteiger partial charge is 0.464 e. The first-order chi connectivity index (χ1) is 8.13. The van der Waals surface area contributed by atoms with Gasteiger partial charge in [0.2, 0.25) is 5.91 Å². The molecule has 0 aromatic rings. The van der Waals surface area contributed by atoms with Crippen LogP contribution in [0.4, 0.5) is 0 Å². The maximum absolute atomic E-state index is 11.5. The van der Waals surface area contributed by atoms with Crippen LogP contribution < -0.4 is 5.32 Å². The van der Waals surface area contributed by atoms with E-state index >= 15 is 0 Å². The van der Waals surface area contributed by atoms with Crippen LogP contribution in [0, 0.1) is 5.92 Å². The maximum Gasteiger partial charge on any atom is 0.331 e. The Morgan fingerprint density at radius 1 is 1.41 bits per heavy atom. The van der Waals surface area contributed by atoms with Crippen LogP contribution in [-0.4, -0.2) is 37.7 Å². The van der Waals surface area contributed by atoms with Gasteiger partial charge in [-0.1, -0.05) is 12.8 Å². The van der Waals surface area contributed by atoms with Gasteiger partial charge in [-0.25, -0.2) is 4.79 Å². The van der Waals surface area contributed by atoms with Gasteiger partial charge in [0.15, 0.2) is 6.04 Å². The van der Waals surface area contributed by atoms with Gasteiger partial charge in [0.25, 0.3) is 0 Å². The number of esters is 1. The molecule has 1 amide bonds. The third-order valence-corrected chi connectivity index (χ3v) is 2.60. The van der Waals surface area contributed by atoms with Crippen LogP contribution in [0.2, 0.25) is 0 Å². The van der Waals surface area contributed by atoms with Gasteiger partial charge >= 0.3 is 5.97 Å². The molecular weight excluding hydrogens is 222 g/mol. The Bertz CT molecular complexity index is 263. The summed E-state index contributed by atoms with van der Waals surface area (Å²) in [6.07, 6.45) is 3.61. The van der Waals surface area contributed by atoms with Crippen molar-refractivity contribution >= 4 is 11.9 Å². The van der Waals surface area contributed by atoms with E-state index in [0.29, 0.717) is 13.2 Å². The molecule has 1 aliphatic rings. The number of amides is 1. The molecule has 0 aromatic carbocycles. The van der Waals surface area contributed by atoms with Crippen LogP contribution in [0.3, 0.4) is 0 Å². The number of hydrogen-bond acceptors (Lipinski definition) is 4. The van der Waals surface area contributed by atoms with E-state index in [4.69, 9.17) is 9.47 Å². The zero-order chi connectivity index (χ0) is 12.7. The minimum absolute atomic E-state index is 0.186. The number of rotatable bonds is 8. The van der Waals surface area contributed by atoms with Crippen molar-refractivity contribution in [1.29, 1.82) is 0 Å². The normalized spacial score (nSPS) is 16.4. The quantitative estimate of drug-likeness (QED) is 0.507. The van der Waals surface area contributed by atoms with E-state index in [1.165, 1.54) is 19.8 Å². The van der Waals surface area contributed by atoms with Crippen molar-refractivity contribution in [2.45, 2.75) is 39.2 Å². The molecule has 98 valence electrons. The summed E-state index contributed by atoms with van der Waals surface area (Å²) < 4.78 is 10.3. The molecule has 1 rings (SSSR count). The van der Waals surface area contributed by atoms with Gasteiger partial charge in [0.05, 0.1) is 13.2 Å². The first kappa shape index (κ1) is 14.0. The molecule has 17 heavy (non-hydrogen) atoms. The van der Waals surface area contributed by atoms with E-state index in [2.05, 4.69) is 5.32 Å². The van der Waals surface area contributed by atoms with E-state index in [0.717, 1.165) is 12.3 Å². The molecule has 0 spiro atoms. The predicted molar refractivity (Wildman–Crippen MR) is 62.4 cm³/mol. The lowest BCUT2D eigenvalue weighted by atomic mass is 10.3. The summed E-state index contributed by atoms with van der Waals surface area (Å²) in [5.74, 6) is 0.111. The molecule has 1 aliphatic carbocycles. The van der Waals surface area contributed by atoms with E-state index in [-0.39, 0.29) is 12.5 Å². The summed E-state index contributed by atoms with van der Waals surface area (Å²) in [5, 5.41) is 2.53. The average molecular weight is 243 g/mol. The molecule has 1 N–H and O–H groups in total. The Balaban J connectivity index is 2.22. The minimum atomic E-state index is -0.688. The zero-order valence-electron chi connectivity index (χ0n) is 10.5. The number of carbonyl (C=O) groups is 2. The van der Waals surface area contributed by atoms with Crippen molar-refractivity contribution in [3.63, 3.8) is 0 Å². The fraction of sp³-hybridized carbons (Fsp3) is 0.833. The Labute approximate surface area is 102 Å². The second kappa shape index (κ2) is 7.27. The lowest BCUT2D eigenvalue weighted by Crippen LogP contribution is -2.44. The van der Waals surface area contributed by atoms with E-state index in [1.807, 2.05) is 0 Å². The van der Waals surface area contributed by atoms with Gasteiger partial charge < -0.3 is 14.8 Å². The summed E-state index contributed by atoms with van der Waals surface area (Å²) >= 11 is 0. The van der Waals surface area contributed by atoms with Gasteiger partial charge in [-0.3, -0.25) is 4.79 Å². The molecule has 5 nitrogen and oxygen atoms in total. The first-order valence-corrected chi connectivity index (χ1v) is 6.15. The SMILES string of the molecule is CCOC(=O)[C@@H](COCCC1CC1)NC(C)=O. The molecule has 0 bridgehead atoms. The van der Waals surface area contributed by atoms with Crippen molar-refractivity contribution in [3.05, 3.63) is 0 Å². The fourth-order valence-electron chi connectivity index (χ4n) is 1.51. The van der Waals surface area contributed by atoms with Crippen molar-refractivity contribution < 1.29 is 19.1 Å². The van der Waals surface area contributed by atoms with Crippen molar-refractivity contribution in [2.24, 2.45) is 5.92 Å². The molecule has 0 heterocycles. The number of carbonyl (C=O) groups excluding carboxylic acids is 2. The summed E-state index contributed by atoms with van der Waals surface area (Å²) in [5.41, 5.74) is 0. The van der Waals surface area contributed by atoms with Crippen molar-refractivity contribution in [2.75, 3.05) is 19.8 Å². The average Bonchev–Trinajstić information content (AvgIpc) is 3.06. The van der Waals surface area contributed by atoms with Crippen LogP contribution >= 0.6 is 0 Å². The maximum atomic E-state index is 11.5. The highest BCUT2D eigenvalue weighted by Gasteiger charge is 2.23. The highest BCUT2D eigenvalue weighted by atomic mass is 16.5. The highest BCUT2D eigenvalue weighted by molar-refractivity contribution is 5.83. The molecule has 0 radical (unpaired) electrons. The lowest BCUT2D eigenvalue weighted by Gasteiger charge is -2.16. The molecule has 1 fully saturated rings. The van der Waals surface area contributed by atoms with Crippen molar-refractivity contribution in [3.8, 4) is 0 Å². The lowest BCUT2D eigenvalue weighted by molar-refractivity contribution is -0.149. The third kappa shape index (κ3) is 6.26. The van der Waals surface area contributed by atoms with Crippen LogP contribution in [0.15, 0.2) is 0 Å². The minimum Gasteiger partial charge on any atom is -0.464 e. The Morgan fingerprint density at radius 2 is 2.12 bits per heavy atom. The van der Waals surface area contributed by atoms with Gasteiger partial charge in [0.1, 0.15) is 0 Å². The van der Waals surface area contributed by atoms with E-state index in [9.17, 15) is 9.59 Å². The van der Waals surface area contributed by atoms with Crippen LogP contribution in [0.25, 0.3) is 0 Å². The summed E-state index contributed by atoms with van der Waals surface area (Å²) in [6, 6.07) is -0.688. The summed E-state index contributed by atoms with van der Waals surface area (Å²) in [7, 11) is 0. The fourth-order valence-corrected chi connectivity index (χ4v) is 1.51. The molecule has 0 saturated heterocycles. The van der Waals surface area contributed by atoms with Gasteiger partial charge in [-0.15, -0.1) is 0 Å². The Morgan fingerprint density at radius 3 is 2.65 bits per heavy atom. The smallest absolute Gasteiger partial charge is 0.331 e. The second-order valence-corrected chi connectivity index (χ2v) is 4.31. The van der Waals surface area contributed by atoms with Crippen LogP contribution in [0.1, 0.15) is 33.1 Å². The number of ether oxygens (including phenoxy) is 2. The Kier molecular flexibility index (Phi) is 5.97. The zero-order valence-corrected chi connectivity index (χ0v) is 10.5. The van der Waals surface area contributed by atoms with Gasteiger partial charge in [-0.2, -0.15) is 0 Å². The number of hydrogen-bond donors (Lipinski definition) is 1. The number of nitrogens with one attached hydrogen (secondary N) is 1.